The van der Waals surface area contributed by atoms with Crippen molar-refractivity contribution in [1.29, 1.82) is 5.41 Å². The van der Waals surface area contributed by atoms with Crippen LogP contribution < -0.4 is 4.90 Å². The van der Waals surface area contributed by atoms with Crippen LogP contribution in [0.15, 0.2) is 35.7 Å². The fourth-order valence-electron chi connectivity index (χ4n) is 5.15. The van der Waals surface area contributed by atoms with E-state index < -0.39 is 5.60 Å². The molecule has 0 saturated heterocycles. The Morgan fingerprint density at radius 1 is 1.21 bits per heavy atom. The van der Waals surface area contributed by atoms with Crippen molar-refractivity contribution >= 4 is 28.8 Å². The summed E-state index contributed by atoms with van der Waals surface area (Å²) < 4.78 is 5.57. The van der Waals surface area contributed by atoms with Gasteiger partial charge < -0.3 is 19.9 Å². The Balaban J connectivity index is 1.38. The first-order valence-corrected chi connectivity index (χ1v) is 13.0. The number of nitrogens with zero attached hydrogens (tertiary/aromatic N) is 2. The van der Waals surface area contributed by atoms with Crippen LogP contribution in [0.4, 0.5) is 10.5 Å². The summed E-state index contributed by atoms with van der Waals surface area (Å²) in [5, 5.41) is 10.5. The Morgan fingerprint density at radius 3 is 2.64 bits per heavy atom. The van der Waals surface area contributed by atoms with E-state index >= 15 is 0 Å². The number of thiophene rings is 1. The van der Waals surface area contributed by atoms with Crippen LogP contribution in [0.2, 0.25) is 0 Å². The molecule has 1 aromatic heterocycles. The van der Waals surface area contributed by atoms with Crippen molar-refractivity contribution in [1.82, 2.24) is 4.90 Å². The molecule has 2 aliphatic rings. The van der Waals surface area contributed by atoms with Crippen LogP contribution in [0.3, 0.4) is 0 Å². The van der Waals surface area contributed by atoms with Gasteiger partial charge >= 0.3 is 6.09 Å². The smallest absolute Gasteiger partial charge is 0.410 e. The quantitative estimate of drug-likeness (QED) is 0.526. The number of rotatable bonds is 5. The van der Waals surface area contributed by atoms with Crippen LogP contribution >= 0.6 is 11.3 Å². The van der Waals surface area contributed by atoms with Crippen molar-refractivity contribution < 1.29 is 9.53 Å². The molecule has 1 aliphatic carbocycles. The minimum Gasteiger partial charge on any atom is -0.444 e. The first kappa shape index (κ1) is 23.8. The molecule has 0 spiro atoms. The number of aryl methyl sites for hydroxylation is 1. The number of benzene rings is 1. The van der Waals surface area contributed by atoms with Gasteiger partial charge in [0.05, 0.1) is 5.71 Å². The first-order valence-electron chi connectivity index (χ1n) is 12.2. The third kappa shape index (κ3) is 5.78. The lowest BCUT2D eigenvalue weighted by molar-refractivity contribution is 0.0183. The molecule has 0 bridgehead atoms. The second-order valence-corrected chi connectivity index (χ2v) is 11.4. The molecule has 0 radical (unpaired) electrons. The Hall–Kier alpha value is -2.34. The third-order valence-electron chi connectivity index (χ3n) is 6.83. The van der Waals surface area contributed by atoms with E-state index in [1.807, 2.05) is 45.3 Å². The summed E-state index contributed by atoms with van der Waals surface area (Å²) in [6.07, 6.45) is 7.00. The molecule has 1 amide bonds. The van der Waals surface area contributed by atoms with Crippen LogP contribution in [-0.2, 0) is 17.6 Å². The zero-order valence-corrected chi connectivity index (χ0v) is 21.2. The molecule has 0 unspecified atom stereocenters. The second kappa shape index (κ2) is 9.88. The fraction of sp³-hybridized carbons (Fsp3) is 0.556. The zero-order chi connectivity index (χ0) is 23.6. The summed E-state index contributed by atoms with van der Waals surface area (Å²) in [5.41, 5.74) is 4.27. The maximum Gasteiger partial charge on any atom is 0.410 e. The van der Waals surface area contributed by atoms with Gasteiger partial charge in [-0.05, 0) is 87.9 Å². The number of hydrogen-bond donors (Lipinski definition) is 1. The van der Waals surface area contributed by atoms with Crippen molar-refractivity contribution in [2.75, 3.05) is 18.5 Å². The van der Waals surface area contributed by atoms with Gasteiger partial charge in [-0.2, -0.15) is 0 Å². The van der Waals surface area contributed by atoms with Gasteiger partial charge in [0.25, 0.3) is 0 Å². The molecule has 1 aromatic carbocycles. The van der Waals surface area contributed by atoms with Crippen LogP contribution in [0.1, 0.15) is 68.9 Å². The molecule has 5 nitrogen and oxygen atoms in total. The maximum absolute atomic E-state index is 12.5. The van der Waals surface area contributed by atoms with E-state index in [2.05, 4.69) is 23.1 Å². The van der Waals surface area contributed by atoms with E-state index in [4.69, 9.17) is 10.1 Å². The Bertz CT molecular complexity index is 972. The van der Waals surface area contributed by atoms with Crippen molar-refractivity contribution in [3.05, 3.63) is 51.7 Å². The first-order chi connectivity index (χ1) is 15.7. The van der Waals surface area contributed by atoms with Gasteiger partial charge in [0, 0.05) is 42.7 Å². The van der Waals surface area contributed by atoms with Gasteiger partial charge in [-0.25, -0.2) is 4.79 Å². The molecule has 33 heavy (non-hydrogen) atoms. The lowest BCUT2D eigenvalue weighted by atomic mass is 9.87. The summed E-state index contributed by atoms with van der Waals surface area (Å²) in [6, 6.07) is 11.6. The molecule has 1 saturated carbocycles. The standard InChI is InChI=1S/C27H37N3O2S/c1-27(2,3)32-26(31)29(4)21-10-12-22(13-11-21)30-15-5-7-20-17-19(9-14-24(20)30)18-23(28)25-8-6-16-33-25/h6,8-9,14,16-17,21-22,28H,5,7,10-13,15,18H2,1-4H3. The number of carbonyl (C=O) groups excluding carboxylic acids is 1. The minimum atomic E-state index is -0.457. The summed E-state index contributed by atoms with van der Waals surface area (Å²) in [4.78, 5) is 17.9. The molecular weight excluding hydrogens is 430 g/mol. The van der Waals surface area contributed by atoms with E-state index in [-0.39, 0.29) is 12.1 Å². The molecule has 178 valence electrons. The van der Waals surface area contributed by atoms with Crippen molar-refractivity contribution in [2.45, 2.75) is 83.4 Å². The van der Waals surface area contributed by atoms with Gasteiger partial charge in [-0.3, -0.25) is 0 Å². The van der Waals surface area contributed by atoms with E-state index in [0.717, 1.165) is 43.5 Å². The topological polar surface area (TPSA) is 56.6 Å². The van der Waals surface area contributed by atoms with Gasteiger partial charge in [0.2, 0.25) is 0 Å². The highest BCUT2D eigenvalue weighted by atomic mass is 32.1. The minimum absolute atomic E-state index is 0.213. The molecule has 2 heterocycles. The number of nitrogens with one attached hydrogen (secondary N) is 1. The van der Waals surface area contributed by atoms with Crippen LogP contribution in [0.25, 0.3) is 0 Å². The summed E-state index contributed by atoms with van der Waals surface area (Å²) in [6.45, 7) is 6.86. The Morgan fingerprint density at radius 2 is 1.97 bits per heavy atom. The Kier molecular flexibility index (Phi) is 7.13. The van der Waals surface area contributed by atoms with E-state index in [9.17, 15) is 4.79 Å². The fourth-order valence-corrected chi connectivity index (χ4v) is 5.83. The largest absolute Gasteiger partial charge is 0.444 e. The monoisotopic (exact) mass is 467 g/mol. The average Bonchev–Trinajstić information content (AvgIpc) is 3.32. The molecule has 2 aromatic rings. The number of carbonyl (C=O) groups is 1. The summed E-state index contributed by atoms with van der Waals surface area (Å²) >= 11 is 1.64. The van der Waals surface area contributed by atoms with E-state index in [1.165, 1.54) is 23.2 Å². The molecule has 1 N–H and O–H groups in total. The van der Waals surface area contributed by atoms with E-state index in [0.29, 0.717) is 18.2 Å². The number of anilines is 1. The number of fused-ring (bicyclic) bond motifs is 1. The predicted molar refractivity (Wildman–Crippen MR) is 137 cm³/mol. The number of amides is 1. The zero-order valence-electron chi connectivity index (χ0n) is 20.4. The van der Waals surface area contributed by atoms with Gasteiger partial charge in [0.1, 0.15) is 5.60 Å². The highest BCUT2D eigenvalue weighted by Gasteiger charge is 2.33. The SMILES string of the molecule is CN(C(=O)OC(C)(C)C)C1CCC(N2CCCc3cc(CC(=N)c4cccs4)ccc32)CC1. The molecule has 4 rings (SSSR count). The molecule has 0 atom stereocenters. The normalized spacial score (nSPS) is 20.8. The Labute approximate surface area is 202 Å². The molecular formula is C27H37N3O2S. The molecule has 1 aliphatic heterocycles. The molecule has 6 heteroatoms. The lowest BCUT2D eigenvalue weighted by Crippen LogP contribution is -2.47. The third-order valence-corrected chi connectivity index (χ3v) is 7.76. The molecule has 1 fully saturated rings. The number of hydrogen-bond acceptors (Lipinski definition) is 5. The predicted octanol–water partition coefficient (Wildman–Crippen LogP) is 6.29. The maximum atomic E-state index is 12.5. The van der Waals surface area contributed by atoms with Gasteiger partial charge in [-0.15, -0.1) is 11.3 Å². The summed E-state index contributed by atoms with van der Waals surface area (Å²) in [7, 11) is 1.88. The van der Waals surface area contributed by atoms with Crippen LogP contribution in [0.5, 0.6) is 0 Å². The highest BCUT2D eigenvalue weighted by molar-refractivity contribution is 7.12. The van der Waals surface area contributed by atoms with Crippen molar-refractivity contribution in [3.63, 3.8) is 0 Å². The van der Waals surface area contributed by atoms with Crippen molar-refractivity contribution in [2.24, 2.45) is 0 Å². The second-order valence-electron chi connectivity index (χ2n) is 10.4. The lowest BCUT2D eigenvalue weighted by Gasteiger charge is -2.43. The number of ether oxygens (including phenoxy) is 1. The highest BCUT2D eigenvalue weighted by Crippen LogP contribution is 2.35. The van der Waals surface area contributed by atoms with Gasteiger partial charge in [0.15, 0.2) is 0 Å². The van der Waals surface area contributed by atoms with E-state index in [1.54, 1.807) is 16.2 Å². The van der Waals surface area contributed by atoms with Crippen LogP contribution in [-0.4, -0.2) is 48.0 Å². The van der Waals surface area contributed by atoms with Crippen LogP contribution in [0, 0.1) is 5.41 Å². The average molecular weight is 468 g/mol. The summed E-state index contributed by atoms with van der Waals surface area (Å²) in [5.74, 6) is 0. The van der Waals surface area contributed by atoms with Crippen molar-refractivity contribution in [3.8, 4) is 0 Å². The van der Waals surface area contributed by atoms with Gasteiger partial charge in [-0.1, -0.05) is 18.2 Å².